The van der Waals surface area contributed by atoms with Gasteiger partial charge < -0.3 is 15.4 Å². The highest BCUT2D eigenvalue weighted by Gasteiger charge is 2.42. The van der Waals surface area contributed by atoms with Crippen LogP contribution in [0.25, 0.3) is 0 Å². The van der Waals surface area contributed by atoms with Gasteiger partial charge in [0, 0.05) is 11.6 Å². The summed E-state index contributed by atoms with van der Waals surface area (Å²) in [4.78, 5) is 12.0. The Morgan fingerprint density at radius 1 is 1.47 bits per heavy atom. The summed E-state index contributed by atoms with van der Waals surface area (Å²) < 4.78 is 5.35. The van der Waals surface area contributed by atoms with E-state index in [0.717, 1.165) is 19.4 Å². The highest BCUT2D eigenvalue weighted by molar-refractivity contribution is 5.81. The summed E-state index contributed by atoms with van der Waals surface area (Å²) >= 11 is 0. The van der Waals surface area contributed by atoms with Gasteiger partial charge in [-0.15, -0.1) is 0 Å². The molecule has 0 aromatic carbocycles. The number of nitrogens with one attached hydrogen (secondary N) is 2. The van der Waals surface area contributed by atoms with Gasteiger partial charge in [0.15, 0.2) is 0 Å². The number of carbonyl (C=O) groups is 1. The van der Waals surface area contributed by atoms with Gasteiger partial charge in [0.05, 0.1) is 19.1 Å². The predicted octanol–water partition coefficient (Wildman–Crippen LogP) is 0.280. The van der Waals surface area contributed by atoms with E-state index in [1.54, 1.807) is 0 Å². The van der Waals surface area contributed by atoms with Gasteiger partial charge in [-0.2, -0.15) is 0 Å². The number of hydrogen-bond acceptors (Lipinski definition) is 3. The van der Waals surface area contributed by atoms with Crippen LogP contribution in [0.15, 0.2) is 0 Å². The number of ether oxygens (including phenoxy) is 1. The fourth-order valence-electron chi connectivity index (χ4n) is 1.98. The first kappa shape index (κ1) is 10.9. The minimum atomic E-state index is -0.0117. The molecule has 0 bridgehead atoms. The SMILES string of the molecule is CCNC1COCC1C(=O)NC1(C)CC1. The summed E-state index contributed by atoms with van der Waals surface area (Å²) in [6.07, 6.45) is 2.22. The maximum absolute atomic E-state index is 12.0. The average molecular weight is 212 g/mol. The molecule has 4 heteroatoms. The molecule has 15 heavy (non-hydrogen) atoms. The lowest BCUT2D eigenvalue weighted by Gasteiger charge is -2.20. The molecule has 2 fully saturated rings. The monoisotopic (exact) mass is 212 g/mol. The zero-order valence-electron chi connectivity index (χ0n) is 9.51. The van der Waals surface area contributed by atoms with Crippen LogP contribution < -0.4 is 10.6 Å². The Hall–Kier alpha value is -0.610. The Kier molecular flexibility index (Phi) is 2.98. The van der Waals surface area contributed by atoms with Crippen LogP contribution in [0.1, 0.15) is 26.7 Å². The van der Waals surface area contributed by atoms with E-state index in [2.05, 4.69) is 24.5 Å². The van der Waals surface area contributed by atoms with E-state index in [1.165, 1.54) is 0 Å². The molecule has 0 aromatic heterocycles. The van der Waals surface area contributed by atoms with Crippen LogP contribution >= 0.6 is 0 Å². The molecule has 2 aliphatic rings. The van der Waals surface area contributed by atoms with Crippen LogP contribution in [0.5, 0.6) is 0 Å². The first-order valence-corrected chi connectivity index (χ1v) is 5.78. The van der Waals surface area contributed by atoms with E-state index < -0.39 is 0 Å². The fraction of sp³-hybridized carbons (Fsp3) is 0.909. The van der Waals surface area contributed by atoms with Crippen molar-refractivity contribution in [3.8, 4) is 0 Å². The molecule has 0 aromatic rings. The average Bonchev–Trinajstić information content (AvgIpc) is 2.75. The number of hydrogen-bond donors (Lipinski definition) is 2. The van der Waals surface area contributed by atoms with Crippen molar-refractivity contribution in [2.75, 3.05) is 19.8 Å². The van der Waals surface area contributed by atoms with Crippen molar-refractivity contribution in [1.29, 1.82) is 0 Å². The Labute approximate surface area is 90.8 Å². The standard InChI is InChI=1S/C11H20N2O2/c1-3-12-9-7-15-6-8(9)10(14)13-11(2)4-5-11/h8-9,12H,3-7H2,1-2H3,(H,13,14). The molecule has 2 atom stereocenters. The van der Waals surface area contributed by atoms with E-state index in [0.29, 0.717) is 13.2 Å². The molecule has 1 saturated heterocycles. The molecule has 2 N–H and O–H groups in total. The molecule has 1 aliphatic carbocycles. The van der Waals surface area contributed by atoms with E-state index >= 15 is 0 Å². The number of amides is 1. The summed E-state index contributed by atoms with van der Waals surface area (Å²) in [6, 6.07) is 0.192. The second kappa shape index (κ2) is 4.10. The van der Waals surface area contributed by atoms with Gasteiger partial charge in [-0.25, -0.2) is 0 Å². The van der Waals surface area contributed by atoms with Gasteiger partial charge in [-0.05, 0) is 26.3 Å². The van der Waals surface area contributed by atoms with Crippen molar-refractivity contribution in [2.45, 2.75) is 38.3 Å². The molecule has 2 rings (SSSR count). The number of likely N-dealkylation sites (N-methyl/N-ethyl adjacent to an activating group) is 1. The van der Waals surface area contributed by atoms with Gasteiger partial charge in [-0.1, -0.05) is 6.92 Å². The van der Waals surface area contributed by atoms with E-state index in [4.69, 9.17) is 4.74 Å². The first-order chi connectivity index (χ1) is 7.14. The van der Waals surface area contributed by atoms with Crippen molar-refractivity contribution in [1.82, 2.24) is 10.6 Å². The van der Waals surface area contributed by atoms with Crippen molar-refractivity contribution in [3.05, 3.63) is 0 Å². The summed E-state index contributed by atoms with van der Waals surface area (Å²) in [7, 11) is 0. The van der Waals surface area contributed by atoms with Crippen molar-refractivity contribution in [3.63, 3.8) is 0 Å². The van der Waals surface area contributed by atoms with Gasteiger partial charge in [-0.3, -0.25) is 4.79 Å². The van der Waals surface area contributed by atoms with Crippen LogP contribution in [-0.2, 0) is 9.53 Å². The normalized spacial score (nSPS) is 32.7. The van der Waals surface area contributed by atoms with Gasteiger partial charge in [0.2, 0.25) is 5.91 Å². The molecule has 86 valence electrons. The van der Waals surface area contributed by atoms with Crippen LogP contribution in [0, 0.1) is 5.92 Å². The van der Waals surface area contributed by atoms with Crippen molar-refractivity contribution in [2.24, 2.45) is 5.92 Å². The minimum absolute atomic E-state index is 0.0117. The first-order valence-electron chi connectivity index (χ1n) is 5.78. The maximum atomic E-state index is 12.0. The van der Waals surface area contributed by atoms with Crippen molar-refractivity contribution >= 4 is 5.91 Å². The van der Waals surface area contributed by atoms with E-state index in [1.807, 2.05) is 0 Å². The highest BCUT2D eigenvalue weighted by atomic mass is 16.5. The van der Waals surface area contributed by atoms with Crippen molar-refractivity contribution < 1.29 is 9.53 Å². The zero-order chi connectivity index (χ0) is 10.9. The topological polar surface area (TPSA) is 50.4 Å². The van der Waals surface area contributed by atoms with Crippen LogP contribution in [0.3, 0.4) is 0 Å². The smallest absolute Gasteiger partial charge is 0.227 e. The van der Waals surface area contributed by atoms with Gasteiger partial charge >= 0.3 is 0 Å². The summed E-state index contributed by atoms with van der Waals surface area (Å²) in [5, 5.41) is 6.40. The van der Waals surface area contributed by atoms with E-state index in [9.17, 15) is 4.79 Å². The molecule has 0 spiro atoms. The number of carbonyl (C=O) groups excluding carboxylic acids is 1. The molecule has 1 amide bonds. The molecule has 1 saturated carbocycles. The molecule has 1 aliphatic heterocycles. The lowest BCUT2D eigenvalue weighted by atomic mass is 10.0. The predicted molar refractivity (Wildman–Crippen MR) is 57.6 cm³/mol. The minimum Gasteiger partial charge on any atom is -0.379 e. The summed E-state index contributed by atoms with van der Waals surface area (Å²) in [6.45, 7) is 6.25. The Bertz CT molecular complexity index is 251. The van der Waals surface area contributed by atoms with Crippen LogP contribution in [0.2, 0.25) is 0 Å². The zero-order valence-corrected chi connectivity index (χ0v) is 9.51. The molecular weight excluding hydrogens is 192 g/mol. The van der Waals surface area contributed by atoms with Gasteiger partial charge in [0.1, 0.15) is 0 Å². The van der Waals surface area contributed by atoms with Crippen LogP contribution in [-0.4, -0.2) is 37.2 Å². The summed E-state index contributed by atoms with van der Waals surface area (Å²) in [5.74, 6) is 0.140. The molecular formula is C11H20N2O2. The Balaban J connectivity index is 1.87. The summed E-state index contributed by atoms with van der Waals surface area (Å²) in [5.41, 5.74) is 0.0798. The quantitative estimate of drug-likeness (QED) is 0.704. The third-order valence-corrected chi connectivity index (χ3v) is 3.31. The van der Waals surface area contributed by atoms with E-state index in [-0.39, 0.29) is 23.4 Å². The Morgan fingerprint density at radius 2 is 2.20 bits per heavy atom. The largest absolute Gasteiger partial charge is 0.379 e. The third kappa shape index (κ3) is 2.49. The number of rotatable bonds is 4. The Morgan fingerprint density at radius 3 is 2.80 bits per heavy atom. The lowest BCUT2D eigenvalue weighted by molar-refractivity contribution is -0.126. The molecule has 2 unspecified atom stereocenters. The highest BCUT2D eigenvalue weighted by Crippen LogP contribution is 2.34. The second-order valence-corrected chi connectivity index (χ2v) is 4.86. The molecule has 0 radical (unpaired) electrons. The van der Waals surface area contributed by atoms with Crippen LogP contribution in [0.4, 0.5) is 0 Å². The van der Waals surface area contributed by atoms with Gasteiger partial charge in [0.25, 0.3) is 0 Å². The second-order valence-electron chi connectivity index (χ2n) is 4.86. The molecule has 4 nitrogen and oxygen atoms in total. The molecule has 1 heterocycles. The fourth-order valence-corrected chi connectivity index (χ4v) is 1.98. The lowest BCUT2D eigenvalue weighted by Crippen LogP contribution is -2.47. The maximum Gasteiger partial charge on any atom is 0.227 e. The third-order valence-electron chi connectivity index (χ3n) is 3.31.